The van der Waals surface area contributed by atoms with Crippen molar-refractivity contribution in [3.63, 3.8) is 0 Å². The highest BCUT2D eigenvalue weighted by Gasteiger charge is 1.89. The van der Waals surface area contributed by atoms with Crippen LogP contribution in [0.3, 0.4) is 0 Å². The third-order valence-corrected chi connectivity index (χ3v) is 1.75. The molecule has 0 saturated carbocycles. The minimum absolute atomic E-state index is 0.532. The van der Waals surface area contributed by atoms with Crippen molar-refractivity contribution in [2.45, 2.75) is 6.42 Å². The highest BCUT2D eigenvalue weighted by atomic mass is 35.5. The Bertz CT molecular complexity index is 306. The molecule has 0 aliphatic carbocycles. The van der Waals surface area contributed by atoms with Crippen molar-refractivity contribution >= 4 is 17.8 Å². The van der Waals surface area contributed by atoms with Gasteiger partial charge in [0.15, 0.2) is 0 Å². The third kappa shape index (κ3) is 4.10. The van der Waals surface area contributed by atoms with Crippen LogP contribution in [0.2, 0.25) is 5.02 Å². The van der Waals surface area contributed by atoms with Crippen LogP contribution in [0, 0.1) is 0 Å². The fraction of sp³-hybridized carbons (Fsp3) is 0.182. The van der Waals surface area contributed by atoms with E-state index in [0.717, 1.165) is 12.0 Å². The lowest BCUT2D eigenvalue weighted by atomic mass is 10.2. The zero-order valence-electron chi connectivity index (χ0n) is 7.74. The van der Waals surface area contributed by atoms with Crippen LogP contribution < -0.4 is 0 Å². The summed E-state index contributed by atoms with van der Waals surface area (Å²) in [5.74, 6) is 0. The molecule has 0 unspecified atom stereocenters. The molecule has 0 fully saturated rings. The van der Waals surface area contributed by atoms with Crippen molar-refractivity contribution in [3.05, 3.63) is 47.5 Å². The van der Waals surface area contributed by atoms with Crippen molar-refractivity contribution < 1.29 is 4.84 Å². The maximum atomic E-state index is 5.71. The van der Waals surface area contributed by atoms with Crippen LogP contribution in [-0.4, -0.2) is 12.8 Å². The van der Waals surface area contributed by atoms with E-state index in [1.54, 1.807) is 18.2 Å². The molecule has 3 heteroatoms. The van der Waals surface area contributed by atoms with E-state index in [9.17, 15) is 0 Å². The normalized spacial score (nSPS) is 10.4. The molecule has 0 spiro atoms. The zero-order chi connectivity index (χ0) is 10.2. The van der Waals surface area contributed by atoms with Crippen molar-refractivity contribution in [2.24, 2.45) is 5.16 Å². The molecule has 0 aromatic heterocycles. The molecule has 0 atom stereocenters. The van der Waals surface area contributed by atoms with E-state index in [0.29, 0.717) is 11.6 Å². The summed E-state index contributed by atoms with van der Waals surface area (Å²) in [5, 5.41) is 4.37. The lowest BCUT2D eigenvalue weighted by Gasteiger charge is -1.94. The molecule has 14 heavy (non-hydrogen) atoms. The first kappa shape index (κ1) is 10.8. The summed E-state index contributed by atoms with van der Waals surface area (Å²) in [6.45, 7) is 4.10. The Labute approximate surface area is 88.8 Å². The SMILES string of the molecule is C=CCCON=[C]c1ccc(Cl)cc1. The van der Waals surface area contributed by atoms with Gasteiger partial charge in [-0.05, 0) is 12.1 Å². The molecule has 0 heterocycles. The van der Waals surface area contributed by atoms with Gasteiger partial charge in [0.25, 0.3) is 0 Å². The number of halogens is 1. The van der Waals surface area contributed by atoms with Gasteiger partial charge in [-0.25, -0.2) is 0 Å². The lowest BCUT2D eigenvalue weighted by Crippen LogP contribution is -1.86. The Kier molecular flexibility index (Phi) is 4.79. The molecule has 1 aromatic carbocycles. The minimum atomic E-state index is 0.532. The van der Waals surface area contributed by atoms with Crippen molar-refractivity contribution in [1.29, 1.82) is 0 Å². The monoisotopic (exact) mass is 208 g/mol. The van der Waals surface area contributed by atoms with Gasteiger partial charge < -0.3 is 4.84 Å². The maximum Gasteiger partial charge on any atom is 0.139 e. The van der Waals surface area contributed by atoms with Gasteiger partial charge in [0.2, 0.25) is 0 Å². The van der Waals surface area contributed by atoms with Crippen LogP contribution in [0.4, 0.5) is 0 Å². The molecular weight excluding hydrogens is 198 g/mol. The van der Waals surface area contributed by atoms with Crippen molar-refractivity contribution in [2.75, 3.05) is 6.61 Å². The largest absolute Gasteiger partial charge is 0.395 e. The molecular formula is C11H11ClNO. The second kappa shape index (κ2) is 6.22. The van der Waals surface area contributed by atoms with Gasteiger partial charge in [-0.1, -0.05) is 35.0 Å². The summed E-state index contributed by atoms with van der Waals surface area (Å²) in [4.78, 5) is 4.92. The molecule has 1 radical (unpaired) electrons. The predicted octanol–water partition coefficient (Wildman–Crippen LogP) is 3.14. The minimum Gasteiger partial charge on any atom is -0.395 e. The fourth-order valence-electron chi connectivity index (χ4n) is 0.791. The van der Waals surface area contributed by atoms with Crippen LogP contribution in [-0.2, 0) is 4.84 Å². The van der Waals surface area contributed by atoms with Gasteiger partial charge in [0.05, 0.1) is 0 Å². The Morgan fingerprint density at radius 3 is 2.79 bits per heavy atom. The number of nitrogens with zero attached hydrogens (tertiary/aromatic N) is 1. The fourth-order valence-corrected chi connectivity index (χ4v) is 0.917. The quantitative estimate of drug-likeness (QED) is 0.315. The Balaban J connectivity index is 2.36. The van der Waals surface area contributed by atoms with Crippen molar-refractivity contribution in [3.8, 4) is 0 Å². The van der Waals surface area contributed by atoms with E-state index >= 15 is 0 Å². The van der Waals surface area contributed by atoms with E-state index in [2.05, 4.69) is 17.9 Å². The van der Waals surface area contributed by atoms with E-state index in [1.807, 2.05) is 12.1 Å². The maximum absolute atomic E-state index is 5.71. The van der Waals surface area contributed by atoms with Crippen LogP contribution >= 0.6 is 11.6 Å². The molecule has 2 nitrogen and oxygen atoms in total. The Morgan fingerprint density at radius 1 is 1.43 bits per heavy atom. The number of hydrogen-bond donors (Lipinski definition) is 0. The van der Waals surface area contributed by atoms with E-state index in [1.165, 1.54) is 0 Å². The van der Waals surface area contributed by atoms with Gasteiger partial charge >= 0.3 is 0 Å². The Morgan fingerprint density at radius 2 is 2.14 bits per heavy atom. The standard InChI is InChI=1S/C11H11ClNO/c1-2-3-8-14-13-9-10-4-6-11(12)7-5-10/h2,4-7H,1,3,8H2. The smallest absolute Gasteiger partial charge is 0.139 e. The van der Waals surface area contributed by atoms with Crippen LogP contribution in [0.25, 0.3) is 0 Å². The highest BCUT2D eigenvalue weighted by Crippen LogP contribution is 2.07. The van der Waals surface area contributed by atoms with Crippen LogP contribution in [0.1, 0.15) is 12.0 Å². The molecule has 73 valence electrons. The van der Waals surface area contributed by atoms with Gasteiger partial charge in [-0.15, -0.1) is 6.58 Å². The lowest BCUT2D eigenvalue weighted by molar-refractivity contribution is 0.151. The molecule has 0 bridgehead atoms. The van der Waals surface area contributed by atoms with E-state index < -0.39 is 0 Å². The molecule has 0 amide bonds. The third-order valence-electron chi connectivity index (χ3n) is 1.50. The molecule has 0 aliphatic rings. The summed E-state index contributed by atoms with van der Waals surface area (Å²) in [5.41, 5.74) is 0.841. The summed E-state index contributed by atoms with van der Waals surface area (Å²) in [6, 6.07) is 7.21. The van der Waals surface area contributed by atoms with Crippen LogP contribution in [0.15, 0.2) is 42.1 Å². The predicted molar refractivity (Wildman–Crippen MR) is 58.8 cm³/mol. The highest BCUT2D eigenvalue weighted by molar-refractivity contribution is 6.30. The molecule has 0 aliphatic heterocycles. The van der Waals surface area contributed by atoms with Crippen molar-refractivity contribution in [1.82, 2.24) is 0 Å². The second-order valence-corrected chi connectivity index (χ2v) is 3.06. The average Bonchev–Trinajstić information content (AvgIpc) is 2.21. The summed E-state index contributed by atoms with van der Waals surface area (Å²) in [6.07, 6.45) is 5.30. The zero-order valence-corrected chi connectivity index (χ0v) is 8.50. The summed E-state index contributed by atoms with van der Waals surface area (Å²) in [7, 11) is 0. The summed E-state index contributed by atoms with van der Waals surface area (Å²) >= 11 is 5.71. The van der Waals surface area contributed by atoms with Gasteiger partial charge in [-0.3, -0.25) is 0 Å². The molecule has 0 N–H and O–H groups in total. The molecule has 0 saturated heterocycles. The van der Waals surface area contributed by atoms with Gasteiger partial charge in [0, 0.05) is 17.0 Å². The number of hydrogen-bond acceptors (Lipinski definition) is 2. The number of rotatable bonds is 5. The topological polar surface area (TPSA) is 21.6 Å². The second-order valence-electron chi connectivity index (χ2n) is 2.62. The first-order valence-electron chi connectivity index (χ1n) is 4.27. The first-order valence-corrected chi connectivity index (χ1v) is 4.65. The van der Waals surface area contributed by atoms with Gasteiger partial charge in [-0.2, -0.15) is 0 Å². The molecule has 1 rings (SSSR count). The average molecular weight is 209 g/mol. The Hall–Kier alpha value is -1.28. The molecule has 1 aromatic rings. The summed E-state index contributed by atoms with van der Waals surface area (Å²) < 4.78 is 0. The van der Waals surface area contributed by atoms with E-state index in [4.69, 9.17) is 16.4 Å². The first-order chi connectivity index (χ1) is 6.83. The van der Waals surface area contributed by atoms with E-state index in [-0.39, 0.29) is 0 Å². The van der Waals surface area contributed by atoms with Gasteiger partial charge in [0.1, 0.15) is 12.8 Å². The number of benzene rings is 1. The van der Waals surface area contributed by atoms with Crippen LogP contribution in [0.5, 0.6) is 0 Å².